The molecule has 1 saturated heterocycles. The predicted octanol–water partition coefficient (Wildman–Crippen LogP) is 5.91. The number of hydrogen-bond acceptors (Lipinski definition) is 9. The second-order valence-electron chi connectivity index (χ2n) is 10.0. The third-order valence-corrected chi connectivity index (χ3v) is 7.22. The SMILES string of the molecule is CCOCCOc1ccc(N2CCN(CCC(=O)Nc3cc(-c4ccco4)c4oc(-c5ccco5)nc4c3)CC2)cc1. The van der Waals surface area contributed by atoms with Gasteiger partial charge in [0.15, 0.2) is 11.3 Å². The molecule has 0 unspecified atom stereocenters. The smallest absolute Gasteiger partial charge is 0.263 e. The Kier molecular flexibility index (Phi) is 8.53. The predicted molar refractivity (Wildman–Crippen MR) is 160 cm³/mol. The van der Waals surface area contributed by atoms with Crippen LogP contribution >= 0.6 is 0 Å². The van der Waals surface area contributed by atoms with Gasteiger partial charge in [0.05, 0.1) is 24.7 Å². The zero-order valence-electron chi connectivity index (χ0n) is 23.6. The molecule has 0 bridgehead atoms. The molecule has 42 heavy (non-hydrogen) atoms. The van der Waals surface area contributed by atoms with Gasteiger partial charge < -0.3 is 32.9 Å². The second-order valence-corrected chi connectivity index (χ2v) is 10.0. The molecule has 3 aromatic heterocycles. The highest BCUT2D eigenvalue weighted by molar-refractivity contribution is 5.98. The minimum atomic E-state index is -0.0585. The summed E-state index contributed by atoms with van der Waals surface area (Å²) in [6, 6.07) is 19.1. The molecule has 1 N–H and O–H groups in total. The summed E-state index contributed by atoms with van der Waals surface area (Å²) in [5, 5.41) is 3.04. The quantitative estimate of drug-likeness (QED) is 0.183. The Morgan fingerprint density at radius 3 is 2.43 bits per heavy atom. The Bertz CT molecular complexity index is 1570. The first-order valence-electron chi connectivity index (χ1n) is 14.3. The van der Waals surface area contributed by atoms with Crippen molar-refractivity contribution >= 4 is 28.4 Å². The molecule has 0 aliphatic carbocycles. The summed E-state index contributed by atoms with van der Waals surface area (Å²) in [4.78, 5) is 22.2. The highest BCUT2D eigenvalue weighted by Gasteiger charge is 2.20. The van der Waals surface area contributed by atoms with Crippen LogP contribution in [-0.2, 0) is 9.53 Å². The monoisotopic (exact) mass is 570 g/mol. The van der Waals surface area contributed by atoms with Gasteiger partial charge in [-0.3, -0.25) is 9.69 Å². The number of carbonyl (C=O) groups excluding carboxylic acids is 1. The van der Waals surface area contributed by atoms with Crippen LogP contribution in [0.4, 0.5) is 11.4 Å². The van der Waals surface area contributed by atoms with E-state index in [1.54, 1.807) is 24.7 Å². The minimum Gasteiger partial charge on any atom is -0.491 e. The van der Waals surface area contributed by atoms with Gasteiger partial charge >= 0.3 is 0 Å². The number of piperazine rings is 1. The molecule has 0 atom stereocenters. The average molecular weight is 571 g/mol. The van der Waals surface area contributed by atoms with Crippen LogP contribution in [0.1, 0.15) is 13.3 Å². The molecule has 0 radical (unpaired) electrons. The Morgan fingerprint density at radius 1 is 0.952 bits per heavy atom. The maximum atomic E-state index is 13.0. The van der Waals surface area contributed by atoms with Gasteiger partial charge in [-0.05, 0) is 67.6 Å². The molecule has 1 aliphatic rings. The number of hydrogen-bond donors (Lipinski definition) is 1. The van der Waals surface area contributed by atoms with Gasteiger partial charge in [-0.15, -0.1) is 0 Å². The van der Waals surface area contributed by atoms with Gasteiger partial charge in [-0.25, -0.2) is 4.98 Å². The van der Waals surface area contributed by atoms with Crippen LogP contribution in [0.5, 0.6) is 5.75 Å². The number of amides is 1. The third kappa shape index (κ3) is 6.50. The van der Waals surface area contributed by atoms with E-state index in [9.17, 15) is 4.79 Å². The van der Waals surface area contributed by atoms with Gasteiger partial charge in [0.25, 0.3) is 5.89 Å². The summed E-state index contributed by atoms with van der Waals surface area (Å²) >= 11 is 0. The fourth-order valence-electron chi connectivity index (χ4n) is 5.05. The van der Waals surface area contributed by atoms with Crippen molar-refractivity contribution in [3.63, 3.8) is 0 Å². The number of furan rings is 2. The van der Waals surface area contributed by atoms with E-state index in [1.807, 2.05) is 43.3 Å². The van der Waals surface area contributed by atoms with E-state index in [2.05, 4.69) is 32.2 Å². The molecule has 1 fully saturated rings. The maximum Gasteiger partial charge on any atom is 0.263 e. The summed E-state index contributed by atoms with van der Waals surface area (Å²) < 4.78 is 28.2. The van der Waals surface area contributed by atoms with Crippen LogP contribution < -0.4 is 15.0 Å². The number of nitrogens with one attached hydrogen (secondary N) is 1. The van der Waals surface area contributed by atoms with E-state index in [4.69, 9.17) is 22.7 Å². The number of ether oxygens (including phenoxy) is 2. The lowest BCUT2D eigenvalue weighted by Crippen LogP contribution is -2.47. The number of benzene rings is 2. The Balaban J connectivity index is 1.03. The summed E-state index contributed by atoms with van der Waals surface area (Å²) in [5.74, 6) is 2.31. The van der Waals surface area contributed by atoms with Crippen molar-refractivity contribution in [2.45, 2.75) is 13.3 Å². The van der Waals surface area contributed by atoms with Crippen molar-refractivity contribution in [3.05, 3.63) is 73.2 Å². The van der Waals surface area contributed by atoms with Gasteiger partial charge in [0.1, 0.15) is 23.6 Å². The number of nitrogens with zero attached hydrogens (tertiary/aromatic N) is 3. The van der Waals surface area contributed by atoms with Crippen LogP contribution in [0, 0.1) is 0 Å². The highest BCUT2D eigenvalue weighted by Crippen LogP contribution is 2.35. The Morgan fingerprint density at radius 2 is 1.71 bits per heavy atom. The summed E-state index contributed by atoms with van der Waals surface area (Å²) in [6.45, 7) is 8.08. The van der Waals surface area contributed by atoms with Crippen molar-refractivity contribution in [2.24, 2.45) is 0 Å². The van der Waals surface area contributed by atoms with Crippen molar-refractivity contribution in [1.29, 1.82) is 0 Å². The van der Waals surface area contributed by atoms with Gasteiger partial charge in [-0.2, -0.15) is 0 Å². The van der Waals surface area contributed by atoms with E-state index in [1.165, 1.54) is 5.69 Å². The number of oxazole rings is 1. The fraction of sp³-hybridized carbons (Fsp3) is 0.312. The number of anilines is 2. The molecule has 10 nitrogen and oxygen atoms in total. The summed E-state index contributed by atoms with van der Waals surface area (Å²) in [6.07, 6.45) is 3.56. The van der Waals surface area contributed by atoms with Crippen molar-refractivity contribution < 1.29 is 27.5 Å². The molecule has 1 aliphatic heterocycles. The molecule has 4 heterocycles. The molecule has 6 rings (SSSR count). The van der Waals surface area contributed by atoms with Gasteiger partial charge in [0.2, 0.25) is 5.91 Å². The molecular weight excluding hydrogens is 536 g/mol. The third-order valence-electron chi connectivity index (χ3n) is 7.22. The van der Waals surface area contributed by atoms with Crippen LogP contribution in [0.3, 0.4) is 0 Å². The molecule has 5 aromatic rings. The lowest BCUT2D eigenvalue weighted by Gasteiger charge is -2.36. The maximum absolute atomic E-state index is 13.0. The topological polar surface area (TPSA) is 106 Å². The second kappa shape index (κ2) is 13.0. The number of carbonyl (C=O) groups is 1. The van der Waals surface area contributed by atoms with Crippen molar-refractivity contribution in [1.82, 2.24) is 9.88 Å². The van der Waals surface area contributed by atoms with Gasteiger partial charge in [0, 0.05) is 57.1 Å². The van der Waals surface area contributed by atoms with Crippen molar-refractivity contribution in [2.75, 3.05) is 62.8 Å². The summed E-state index contributed by atoms with van der Waals surface area (Å²) in [7, 11) is 0. The van der Waals surface area contributed by atoms with E-state index in [0.29, 0.717) is 72.5 Å². The van der Waals surface area contributed by atoms with E-state index in [-0.39, 0.29) is 5.91 Å². The normalized spacial score (nSPS) is 14.0. The molecule has 0 spiro atoms. The standard InChI is InChI=1S/C32H34N4O6/c1-2-38-19-20-39-25-9-7-24(8-10-25)36-15-13-35(14-16-36)12-11-30(37)33-23-21-26(28-5-3-17-40-28)31-27(22-23)34-32(42-31)29-6-4-18-41-29/h3-10,17-18,21-22H,2,11-16,19-20H2,1H3,(H,33,37). The first-order chi connectivity index (χ1) is 20.7. The number of fused-ring (bicyclic) bond motifs is 1. The van der Waals surface area contributed by atoms with Crippen LogP contribution in [-0.4, -0.2) is 68.3 Å². The van der Waals surface area contributed by atoms with Crippen LogP contribution in [0.2, 0.25) is 0 Å². The lowest BCUT2D eigenvalue weighted by molar-refractivity contribution is -0.116. The average Bonchev–Trinajstić information content (AvgIpc) is 3.81. The first kappa shape index (κ1) is 27.6. The minimum absolute atomic E-state index is 0.0585. The molecule has 0 saturated carbocycles. The molecule has 218 valence electrons. The lowest BCUT2D eigenvalue weighted by atomic mass is 10.1. The Hall–Kier alpha value is -4.54. The van der Waals surface area contributed by atoms with E-state index < -0.39 is 0 Å². The first-order valence-corrected chi connectivity index (χ1v) is 14.3. The fourth-order valence-corrected chi connectivity index (χ4v) is 5.05. The van der Waals surface area contributed by atoms with Gasteiger partial charge in [-0.1, -0.05) is 0 Å². The van der Waals surface area contributed by atoms with Crippen LogP contribution in [0.15, 0.2) is 86.4 Å². The molecule has 2 aromatic carbocycles. The van der Waals surface area contributed by atoms with Crippen molar-refractivity contribution in [3.8, 4) is 28.7 Å². The number of aromatic nitrogens is 1. The molecule has 1 amide bonds. The largest absolute Gasteiger partial charge is 0.491 e. The highest BCUT2D eigenvalue weighted by atomic mass is 16.5. The Labute approximate surface area is 243 Å². The zero-order valence-corrected chi connectivity index (χ0v) is 23.6. The van der Waals surface area contributed by atoms with E-state index >= 15 is 0 Å². The summed E-state index contributed by atoms with van der Waals surface area (Å²) in [5.41, 5.74) is 3.69. The van der Waals surface area contributed by atoms with E-state index in [0.717, 1.165) is 31.9 Å². The molecule has 10 heteroatoms. The number of rotatable bonds is 12. The zero-order chi connectivity index (χ0) is 28.7. The van der Waals surface area contributed by atoms with Crippen LogP contribution in [0.25, 0.3) is 34.1 Å². The molecular formula is C32H34N4O6.